The summed E-state index contributed by atoms with van der Waals surface area (Å²) in [7, 11) is 0. The molecule has 9 heteroatoms. The van der Waals surface area contributed by atoms with Crippen molar-refractivity contribution in [3.63, 3.8) is 0 Å². The van der Waals surface area contributed by atoms with E-state index in [0.29, 0.717) is 48.9 Å². The van der Waals surface area contributed by atoms with E-state index in [1.54, 1.807) is 0 Å². The minimum atomic E-state index is -1.23. The van der Waals surface area contributed by atoms with E-state index in [9.17, 15) is 19.5 Å². The van der Waals surface area contributed by atoms with Gasteiger partial charge in [-0.25, -0.2) is 0 Å². The van der Waals surface area contributed by atoms with Crippen LogP contribution in [-0.2, 0) is 38.1 Å². The summed E-state index contributed by atoms with van der Waals surface area (Å²) in [5.74, 6) is 1.67. The van der Waals surface area contributed by atoms with Crippen LogP contribution in [0.3, 0.4) is 0 Å². The Kier molecular flexibility index (Phi) is 14.6. The van der Waals surface area contributed by atoms with Gasteiger partial charge >= 0.3 is 23.9 Å². The van der Waals surface area contributed by atoms with Gasteiger partial charge < -0.3 is 24.1 Å². The van der Waals surface area contributed by atoms with Gasteiger partial charge in [0.1, 0.15) is 23.4 Å². The fourth-order valence-electron chi connectivity index (χ4n) is 15.7. The van der Waals surface area contributed by atoms with Gasteiger partial charge in [-0.2, -0.15) is 0 Å². The highest BCUT2D eigenvalue weighted by Crippen LogP contribution is 2.65. The number of hydrogen-bond donors (Lipinski definition) is 1. The first kappa shape index (κ1) is 52.2. The van der Waals surface area contributed by atoms with Crippen LogP contribution in [0.1, 0.15) is 202 Å². The molecule has 0 radical (unpaired) electrons. The molecule has 348 valence electrons. The second-order valence-corrected chi connectivity index (χ2v) is 22.8. The maximum Gasteiger partial charge on any atom is 0.312 e. The summed E-state index contributed by atoms with van der Waals surface area (Å²) in [6, 6.07) is 0. The van der Waals surface area contributed by atoms with Crippen LogP contribution in [-0.4, -0.2) is 58.0 Å². The molecule has 10 saturated carbocycles. The number of esters is 4. The molecule has 1 N–H and O–H groups in total. The normalized spacial score (nSPS) is 41.3. The summed E-state index contributed by atoms with van der Waals surface area (Å²) in [6.45, 7) is 13.7. The number of ether oxygens (including phenoxy) is 4. The number of aliphatic hydroxyl groups is 1. The lowest BCUT2D eigenvalue weighted by Gasteiger charge is -2.61. The Hall–Kier alpha value is -2.16. The van der Waals surface area contributed by atoms with Crippen LogP contribution < -0.4 is 0 Å². The number of carbonyl (C=O) groups excluding carboxylic acids is 4. The molecule has 9 nitrogen and oxygen atoms in total. The third-order valence-corrected chi connectivity index (χ3v) is 17.5. The average Bonchev–Trinajstić information content (AvgIpc) is 3.67. The zero-order valence-electron chi connectivity index (χ0n) is 34.0. The van der Waals surface area contributed by atoms with Crippen LogP contribution in [0.2, 0.25) is 0 Å². The molecule has 11 rings (SSSR count). The second kappa shape index (κ2) is 16.8. The van der Waals surface area contributed by atoms with Crippen molar-refractivity contribution in [2.24, 2.45) is 69.0 Å². The lowest BCUT2D eigenvalue weighted by Crippen LogP contribution is -2.61. The zero-order chi connectivity index (χ0) is 38.4. The molecule has 0 spiro atoms. The fourth-order valence-corrected chi connectivity index (χ4v) is 15.7. The van der Waals surface area contributed by atoms with Gasteiger partial charge in [0.2, 0.25) is 0 Å². The van der Waals surface area contributed by atoms with Crippen molar-refractivity contribution in [2.75, 3.05) is 0 Å². The molecule has 0 amide bonds. The van der Waals surface area contributed by atoms with Crippen LogP contribution in [0.25, 0.3) is 0 Å². The maximum absolute atomic E-state index is 15.1. The Balaban J connectivity index is 0.00000160. The molecule has 9 atom stereocenters. The van der Waals surface area contributed by atoms with Gasteiger partial charge in [-0.3, -0.25) is 19.2 Å². The van der Waals surface area contributed by atoms with Gasteiger partial charge in [-0.1, -0.05) is 51.5 Å². The summed E-state index contributed by atoms with van der Waals surface area (Å²) >= 11 is 0. The Morgan fingerprint density at radius 2 is 1.22 bits per heavy atom. The van der Waals surface area contributed by atoms with Crippen molar-refractivity contribution in [3.8, 4) is 0 Å². The second-order valence-electron chi connectivity index (χ2n) is 22.8. The fraction of sp³-hybridized carbons (Fsp3) is 0.922. The van der Waals surface area contributed by atoms with E-state index < -0.39 is 39.2 Å². The van der Waals surface area contributed by atoms with E-state index in [-0.39, 0.29) is 111 Å². The molecular formula is C51H90O9. The minimum Gasteiger partial charge on any atom is -0.459 e. The molecule has 10 aliphatic carbocycles. The highest BCUT2D eigenvalue weighted by Gasteiger charge is 2.65. The van der Waals surface area contributed by atoms with Gasteiger partial charge in [0.05, 0.1) is 27.8 Å². The van der Waals surface area contributed by atoms with Crippen LogP contribution >= 0.6 is 0 Å². The van der Waals surface area contributed by atoms with Crippen LogP contribution in [0.4, 0.5) is 0 Å². The molecule has 1 saturated heterocycles. The molecule has 60 heavy (non-hydrogen) atoms. The minimum absolute atomic E-state index is 0. The first-order chi connectivity index (χ1) is 25.2. The monoisotopic (exact) mass is 847 g/mol. The number of rotatable bonds is 12. The van der Waals surface area contributed by atoms with Gasteiger partial charge in [0, 0.05) is 23.7 Å². The smallest absolute Gasteiger partial charge is 0.312 e. The number of carbonyl (C=O) groups is 4. The predicted molar refractivity (Wildman–Crippen MR) is 239 cm³/mol. The Morgan fingerprint density at radius 1 is 0.683 bits per heavy atom. The van der Waals surface area contributed by atoms with Crippen LogP contribution in [0, 0.1) is 69.0 Å². The largest absolute Gasteiger partial charge is 0.459 e. The van der Waals surface area contributed by atoms with Crippen molar-refractivity contribution in [1.29, 1.82) is 0 Å². The number of fused-ring (bicyclic) bond motifs is 1. The topological polar surface area (TPSA) is 125 Å². The zero-order valence-corrected chi connectivity index (χ0v) is 34.0. The molecule has 0 aromatic carbocycles. The molecule has 9 unspecified atom stereocenters. The van der Waals surface area contributed by atoms with Gasteiger partial charge in [-0.15, -0.1) is 0 Å². The highest BCUT2D eigenvalue weighted by atomic mass is 16.6. The molecule has 10 bridgehead atoms. The SMILES string of the molecule is C.C.C.C.C.C.CCC(C)(CC(C)(CC(C)(C)C(=O)OC12CC3CC(CC(O)(C3)C1)C2)C(=O)OC(C)(C)C12CC3CC(CC(C3)C1)C2)C(=O)OC1C2CC3C(=O)OC1C3C2. The summed E-state index contributed by atoms with van der Waals surface area (Å²) in [5, 5.41) is 11.4. The Bertz CT molecular complexity index is 1560. The highest BCUT2D eigenvalue weighted by molar-refractivity contribution is 5.83. The number of hydrogen-bond acceptors (Lipinski definition) is 9. The standard InChI is InChI=1S/C45H66O9.6CH4/c1-8-41(6,37(48)52-33-30-13-31-32(14-30)35(46)51-34(31)33)23-42(7,38(49)53-40(4,5)43-15-25-9-26(16-43)11-27(10-25)17-43)22-39(2,3)36(47)54-45-20-28-12-29(21-45)19-44(50,18-28)24-45;;;;;;/h25-34,50H,8-24H2,1-7H3;6*1H4. The summed E-state index contributed by atoms with van der Waals surface area (Å²) in [4.78, 5) is 56.5. The van der Waals surface area contributed by atoms with Crippen molar-refractivity contribution in [2.45, 2.75) is 231 Å². The Morgan fingerprint density at radius 3 is 1.73 bits per heavy atom. The lowest BCUT2D eigenvalue weighted by atomic mass is 9.46. The Labute approximate surface area is 366 Å². The van der Waals surface area contributed by atoms with Crippen LogP contribution in [0.15, 0.2) is 0 Å². The molecule has 11 fully saturated rings. The van der Waals surface area contributed by atoms with Crippen molar-refractivity contribution >= 4 is 23.9 Å². The summed E-state index contributed by atoms with van der Waals surface area (Å²) < 4.78 is 25.4. The molecular weight excluding hydrogens is 757 g/mol. The molecule has 0 aromatic rings. The van der Waals surface area contributed by atoms with E-state index in [0.717, 1.165) is 57.8 Å². The molecule has 1 heterocycles. The summed E-state index contributed by atoms with van der Waals surface area (Å²) in [5.41, 5.74) is -5.60. The predicted octanol–water partition coefficient (Wildman–Crippen LogP) is 11.7. The van der Waals surface area contributed by atoms with Crippen LogP contribution in [0.5, 0.6) is 0 Å². The maximum atomic E-state index is 15.1. The van der Waals surface area contributed by atoms with E-state index in [1.165, 1.54) is 19.3 Å². The van der Waals surface area contributed by atoms with Crippen molar-refractivity contribution in [3.05, 3.63) is 0 Å². The third-order valence-electron chi connectivity index (χ3n) is 17.5. The van der Waals surface area contributed by atoms with E-state index in [1.807, 2.05) is 34.6 Å². The van der Waals surface area contributed by atoms with Gasteiger partial charge in [0.15, 0.2) is 0 Å². The molecule has 1 aliphatic heterocycles. The van der Waals surface area contributed by atoms with Crippen molar-refractivity contribution < 1.29 is 43.2 Å². The third kappa shape index (κ3) is 8.23. The van der Waals surface area contributed by atoms with Gasteiger partial charge in [0.25, 0.3) is 0 Å². The van der Waals surface area contributed by atoms with E-state index >= 15 is 4.79 Å². The molecule has 0 aromatic heterocycles. The van der Waals surface area contributed by atoms with Crippen molar-refractivity contribution in [1.82, 2.24) is 0 Å². The van der Waals surface area contributed by atoms with E-state index in [4.69, 9.17) is 18.9 Å². The van der Waals surface area contributed by atoms with E-state index in [2.05, 4.69) is 13.8 Å². The quantitative estimate of drug-likeness (QED) is 0.151. The molecule has 11 aliphatic rings. The first-order valence-electron chi connectivity index (χ1n) is 21.8. The average molecular weight is 847 g/mol. The lowest BCUT2D eigenvalue weighted by molar-refractivity contribution is -0.227. The first-order valence-corrected chi connectivity index (χ1v) is 21.8. The summed E-state index contributed by atoms with van der Waals surface area (Å²) in [6.07, 6.45) is 13.2. The van der Waals surface area contributed by atoms with Gasteiger partial charge in [-0.05, 0) is 174 Å².